The minimum absolute atomic E-state index is 0.564. The fraction of sp³-hybridized carbons (Fsp3) is 0.562. The number of aryl methyl sites for hydroxylation is 1. The van der Waals surface area contributed by atoms with Crippen LogP contribution in [0.2, 0.25) is 0 Å². The first kappa shape index (κ1) is 16.1. The van der Waals surface area contributed by atoms with Gasteiger partial charge in [-0.1, -0.05) is 36.5 Å². The molecule has 0 aliphatic rings. The minimum Gasteiger partial charge on any atom is -0.375 e. The van der Waals surface area contributed by atoms with Gasteiger partial charge in [0, 0.05) is 30.7 Å². The van der Waals surface area contributed by atoms with E-state index in [2.05, 4.69) is 57.0 Å². The van der Waals surface area contributed by atoms with Crippen molar-refractivity contribution in [3.63, 3.8) is 0 Å². The Bertz CT molecular complexity index is 405. The molecule has 0 saturated carbocycles. The molecule has 2 nitrogen and oxygen atoms in total. The number of benzene rings is 1. The van der Waals surface area contributed by atoms with E-state index < -0.39 is 0 Å². The Morgan fingerprint density at radius 2 is 1.74 bits per heavy atom. The number of hydrogen-bond donors (Lipinski definition) is 1. The van der Waals surface area contributed by atoms with Crippen LogP contribution in [-0.4, -0.2) is 35.1 Å². The highest BCUT2D eigenvalue weighted by Crippen LogP contribution is 2.08. The van der Waals surface area contributed by atoms with Crippen molar-refractivity contribution in [3.8, 4) is 0 Å². The summed E-state index contributed by atoms with van der Waals surface area (Å²) in [6, 6.07) is 9.37. The summed E-state index contributed by atoms with van der Waals surface area (Å²) in [4.78, 5) is 3.32. The van der Waals surface area contributed by atoms with Crippen molar-refractivity contribution in [1.29, 1.82) is 0 Å². The maximum absolute atomic E-state index is 5.46. The maximum Gasteiger partial charge on any atom is 0.106 e. The van der Waals surface area contributed by atoms with E-state index in [4.69, 9.17) is 12.2 Å². The quantitative estimate of drug-likeness (QED) is 0.803. The van der Waals surface area contributed by atoms with Gasteiger partial charge in [0.15, 0.2) is 0 Å². The van der Waals surface area contributed by atoms with Gasteiger partial charge in [-0.25, -0.2) is 0 Å². The highest BCUT2D eigenvalue weighted by molar-refractivity contribution is 7.80. The zero-order valence-electron chi connectivity index (χ0n) is 12.7. The smallest absolute Gasteiger partial charge is 0.106 e. The molecule has 1 N–H and O–H groups in total. The topological polar surface area (TPSA) is 15.3 Å². The highest BCUT2D eigenvalue weighted by atomic mass is 32.1. The molecule has 106 valence electrons. The summed E-state index contributed by atoms with van der Waals surface area (Å²) < 4.78 is 0. The molecule has 19 heavy (non-hydrogen) atoms. The van der Waals surface area contributed by atoms with Crippen molar-refractivity contribution >= 4 is 17.2 Å². The van der Waals surface area contributed by atoms with Crippen LogP contribution in [0.5, 0.6) is 0 Å². The van der Waals surface area contributed by atoms with Gasteiger partial charge in [0.25, 0.3) is 0 Å². The number of hydrogen-bond acceptors (Lipinski definition) is 2. The number of thiocarbonyl (C=S) groups is 1. The lowest BCUT2D eigenvalue weighted by Crippen LogP contribution is -2.42. The third-order valence-electron chi connectivity index (χ3n) is 3.37. The van der Waals surface area contributed by atoms with Gasteiger partial charge in [-0.3, -0.25) is 4.90 Å². The zero-order valence-corrected chi connectivity index (χ0v) is 13.6. The van der Waals surface area contributed by atoms with Crippen LogP contribution in [0.4, 0.5) is 0 Å². The van der Waals surface area contributed by atoms with Crippen LogP contribution in [0.25, 0.3) is 0 Å². The summed E-state index contributed by atoms with van der Waals surface area (Å²) in [7, 11) is 0. The van der Waals surface area contributed by atoms with Gasteiger partial charge in [0.1, 0.15) is 4.99 Å². The van der Waals surface area contributed by atoms with Crippen molar-refractivity contribution in [1.82, 2.24) is 10.2 Å². The van der Waals surface area contributed by atoms with Crippen LogP contribution in [0, 0.1) is 6.92 Å². The normalized spacial score (nSPS) is 11.4. The fourth-order valence-electron chi connectivity index (χ4n) is 2.33. The van der Waals surface area contributed by atoms with Gasteiger partial charge in [0.2, 0.25) is 0 Å². The second-order valence-electron chi connectivity index (χ2n) is 5.50. The molecule has 1 rings (SSSR count). The lowest BCUT2D eigenvalue weighted by molar-refractivity contribution is 0.178. The van der Waals surface area contributed by atoms with Crippen LogP contribution in [0.15, 0.2) is 24.3 Å². The molecule has 0 amide bonds. The summed E-state index contributed by atoms with van der Waals surface area (Å²) in [5, 5.41) is 3.37. The van der Waals surface area contributed by atoms with Crippen molar-refractivity contribution in [3.05, 3.63) is 35.4 Å². The lowest BCUT2D eigenvalue weighted by atomic mass is 10.1. The number of nitrogens with zero attached hydrogens (tertiary/aromatic N) is 1. The molecule has 1 aromatic carbocycles. The van der Waals surface area contributed by atoms with Crippen molar-refractivity contribution in [2.75, 3.05) is 13.1 Å². The van der Waals surface area contributed by atoms with Gasteiger partial charge in [0.05, 0.1) is 0 Å². The predicted molar refractivity (Wildman–Crippen MR) is 87.9 cm³/mol. The Labute approximate surface area is 123 Å². The molecular weight excluding hydrogens is 252 g/mol. The molecule has 0 bridgehead atoms. The van der Waals surface area contributed by atoms with Crippen molar-refractivity contribution in [2.24, 2.45) is 0 Å². The molecule has 0 atom stereocenters. The van der Waals surface area contributed by atoms with Crippen LogP contribution >= 0.6 is 12.2 Å². The van der Waals surface area contributed by atoms with E-state index in [1.54, 1.807) is 0 Å². The molecule has 0 aliphatic heterocycles. The average molecular weight is 278 g/mol. The Balaban J connectivity index is 2.49. The van der Waals surface area contributed by atoms with Gasteiger partial charge in [-0.15, -0.1) is 0 Å². The first-order chi connectivity index (χ1) is 8.93. The SMILES string of the molecule is Cc1ccccc1C(=S)NCCN(C(C)C)C(C)C. The summed E-state index contributed by atoms with van der Waals surface area (Å²) in [6.07, 6.45) is 0. The van der Waals surface area contributed by atoms with Gasteiger partial charge in [-0.05, 0) is 40.2 Å². The molecule has 0 unspecified atom stereocenters. The zero-order chi connectivity index (χ0) is 14.4. The predicted octanol–water partition coefficient (Wildman–Crippen LogP) is 3.38. The molecule has 0 saturated heterocycles. The number of nitrogens with one attached hydrogen (secondary N) is 1. The van der Waals surface area contributed by atoms with E-state index in [1.165, 1.54) is 5.56 Å². The average Bonchev–Trinajstić information content (AvgIpc) is 2.33. The van der Waals surface area contributed by atoms with Crippen LogP contribution in [0.3, 0.4) is 0 Å². The molecule has 0 radical (unpaired) electrons. The molecule has 1 aromatic rings. The second kappa shape index (κ2) is 7.61. The third-order valence-corrected chi connectivity index (χ3v) is 3.74. The Morgan fingerprint density at radius 3 is 2.26 bits per heavy atom. The van der Waals surface area contributed by atoms with E-state index >= 15 is 0 Å². The lowest BCUT2D eigenvalue weighted by Gasteiger charge is -2.30. The van der Waals surface area contributed by atoms with Crippen LogP contribution in [-0.2, 0) is 0 Å². The van der Waals surface area contributed by atoms with Gasteiger partial charge < -0.3 is 5.32 Å². The summed E-state index contributed by atoms with van der Waals surface area (Å²) >= 11 is 5.46. The summed E-state index contributed by atoms with van der Waals surface area (Å²) in [5.74, 6) is 0. The molecule has 0 heterocycles. The van der Waals surface area contributed by atoms with Crippen LogP contribution < -0.4 is 5.32 Å². The Morgan fingerprint density at radius 1 is 1.16 bits per heavy atom. The monoisotopic (exact) mass is 278 g/mol. The molecular formula is C16H26N2S. The van der Waals surface area contributed by atoms with E-state index in [-0.39, 0.29) is 0 Å². The fourth-order valence-corrected chi connectivity index (χ4v) is 2.67. The van der Waals surface area contributed by atoms with Crippen molar-refractivity contribution < 1.29 is 0 Å². The summed E-state index contributed by atoms with van der Waals surface area (Å²) in [6.45, 7) is 12.9. The Hall–Kier alpha value is -0.930. The minimum atomic E-state index is 0.564. The highest BCUT2D eigenvalue weighted by Gasteiger charge is 2.12. The van der Waals surface area contributed by atoms with Crippen molar-refractivity contribution in [2.45, 2.75) is 46.7 Å². The molecule has 3 heteroatoms. The number of rotatable bonds is 6. The third kappa shape index (κ3) is 4.92. The molecule has 0 aromatic heterocycles. The first-order valence-electron chi connectivity index (χ1n) is 7.03. The van der Waals surface area contributed by atoms with E-state index in [1.807, 2.05) is 12.1 Å². The van der Waals surface area contributed by atoms with E-state index in [0.29, 0.717) is 12.1 Å². The molecule has 0 aliphatic carbocycles. The maximum atomic E-state index is 5.46. The molecule has 0 fully saturated rings. The molecule has 0 spiro atoms. The first-order valence-corrected chi connectivity index (χ1v) is 7.44. The summed E-state index contributed by atoms with van der Waals surface area (Å²) in [5.41, 5.74) is 2.36. The largest absolute Gasteiger partial charge is 0.375 e. The van der Waals surface area contributed by atoms with E-state index in [0.717, 1.165) is 23.6 Å². The van der Waals surface area contributed by atoms with Gasteiger partial charge >= 0.3 is 0 Å². The van der Waals surface area contributed by atoms with Crippen LogP contribution in [0.1, 0.15) is 38.8 Å². The standard InChI is InChI=1S/C16H26N2S/c1-12(2)18(13(3)4)11-10-17-16(19)15-9-7-6-8-14(15)5/h6-9,12-13H,10-11H2,1-5H3,(H,17,19). The Kier molecular flexibility index (Phi) is 6.46. The second-order valence-corrected chi connectivity index (χ2v) is 5.90. The van der Waals surface area contributed by atoms with E-state index in [9.17, 15) is 0 Å². The van der Waals surface area contributed by atoms with Gasteiger partial charge in [-0.2, -0.15) is 0 Å².